The van der Waals surface area contributed by atoms with Gasteiger partial charge in [-0.1, -0.05) is 0 Å². The Bertz CT molecular complexity index is 557. The van der Waals surface area contributed by atoms with Crippen LogP contribution in [0, 0.1) is 5.82 Å². The summed E-state index contributed by atoms with van der Waals surface area (Å²) in [5.74, 6) is 0.0562. The van der Waals surface area contributed by atoms with Crippen LogP contribution >= 0.6 is 11.8 Å². The maximum absolute atomic E-state index is 12.8. The van der Waals surface area contributed by atoms with Crippen LogP contribution in [0.15, 0.2) is 24.3 Å². The Morgan fingerprint density at radius 3 is 2.33 bits per heavy atom. The van der Waals surface area contributed by atoms with Crippen molar-refractivity contribution in [1.29, 1.82) is 0 Å². The molecule has 0 bridgehead atoms. The van der Waals surface area contributed by atoms with Gasteiger partial charge in [-0.15, -0.1) is 11.8 Å². The molecule has 7 heteroatoms. The Kier molecular flexibility index (Phi) is 7.05. The van der Waals surface area contributed by atoms with Crippen molar-refractivity contribution in [3.05, 3.63) is 30.1 Å². The largest absolute Gasteiger partial charge is 0.339 e. The molecule has 1 aromatic carbocycles. The van der Waals surface area contributed by atoms with E-state index in [-0.39, 0.29) is 23.4 Å². The van der Waals surface area contributed by atoms with Gasteiger partial charge in [-0.05, 0) is 38.1 Å². The van der Waals surface area contributed by atoms with E-state index in [1.165, 1.54) is 36.0 Å². The minimum absolute atomic E-state index is 0.0815. The van der Waals surface area contributed by atoms with Gasteiger partial charge < -0.3 is 10.2 Å². The van der Waals surface area contributed by atoms with Gasteiger partial charge in [0, 0.05) is 37.9 Å². The number of rotatable bonds is 6. The van der Waals surface area contributed by atoms with Crippen LogP contribution in [0.1, 0.15) is 13.8 Å². The van der Waals surface area contributed by atoms with Crippen molar-refractivity contribution in [3.8, 4) is 0 Å². The maximum atomic E-state index is 12.8. The van der Waals surface area contributed by atoms with Crippen LogP contribution in [0.4, 0.5) is 10.1 Å². The van der Waals surface area contributed by atoms with E-state index in [0.29, 0.717) is 17.5 Å². The molecule has 5 nitrogen and oxygen atoms in total. The summed E-state index contributed by atoms with van der Waals surface area (Å²) >= 11 is 1.30. The van der Waals surface area contributed by atoms with E-state index >= 15 is 0 Å². The fourth-order valence-corrected chi connectivity index (χ4v) is 3.26. The predicted molar refractivity (Wildman–Crippen MR) is 95.6 cm³/mol. The van der Waals surface area contributed by atoms with Gasteiger partial charge in [0.2, 0.25) is 11.8 Å². The second kappa shape index (κ2) is 9.03. The summed E-state index contributed by atoms with van der Waals surface area (Å²) in [6.07, 6.45) is 0. The Balaban J connectivity index is 1.65. The predicted octanol–water partition coefficient (Wildman–Crippen LogP) is 2.05. The first-order valence-corrected chi connectivity index (χ1v) is 9.26. The molecule has 0 aromatic heterocycles. The van der Waals surface area contributed by atoms with Crippen LogP contribution in [0.2, 0.25) is 0 Å². The van der Waals surface area contributed by atoms with Crippen molar-refractivity contribution in [1.82, 2.24) is 9.80 Å². The van der Waals surface area contributed by atoms with Gasteiger partial charge in [-0.25, -0.2) is 4.39 Å². The van der Waals surface area contributed by atoms with Gasteiger partial charge in [0.1, 0.15) is 5.82 Å². The number of thioether (sulfide) groups is 1. The lowest BCUT2D eigenvalue weighted by atomic mass is 10.2. The number of carbonyl (C=O) groups is 2. The van der Waals surface area contributed by atoms with E-state index in [2.05, 4.69) is 24.1 Å². The molecule has 2 rings (SSSR count). The first kappa shape index (κ1) is 18.7. The molecule has 24 heavy (non-hydrogen) atoms. The number of carbonyl (C=O) groups excluding carboxylic acids is 2. The lowest BCUT2D eigenvalue weighted by Gasteiger charge is -2.36. The van der Waals surface area contributed by atoms with E-state index in [1.807, 2.05) is 4.90 Å². The zero-order valence-electron chi connectivity index (χ0n) is 14.1. The van der Waals surface area contributed by atoms with E-state index < -0.39 is 0 Å². The molecular weight excluding hydrogens is 329 g/mol. The number of piperazine rings is 1. The molecule has 0 saturated carbocycles. The van der Waals surface area contributed by atoms with Gasteiger partial charge in [-0.3, -0.25) is 14.5 Å². The summed E-state index contributed by atoms with van der Waals surface area (Å²) in [7, 11) is 0. The van der Waals surface area contributed by atoms with Crippen molar-refractivity contribution < 1.29 is 14.0 Å². The molecule has 0 unspecified atom stereocenters. The number of benzene rings is 1. The fraction of sp³-hybridized carbons (Fsp3) is 0.529. The van der Waals surface area contributed by atoms with Crippen LogP contribution in [-0.2, 0) is 9.59 Å². The number of amides is 2. The highest BCUT2D eigenvalue weighted by Crippen LogP contribution is 2.11. The smallest absolute Gasteiger partial charge is 0.234 e. The summed E-state index contributed by atoms with van der Waals surface area (Å²) in [6, 6.07) is 6.12. The highest BCUT2D eigenvalue weighted by Gasteiger charge is 2.22. The molecule has 0 radical (unpaired) electrons. The van der Waals surface area contributed by atoms with Crippen molar-refractivity contribution in [2.24, 2.45) is 0 Å². The quantitative estimate of drug-likeness (QED) is 0.850. The Hall–Kier alpha value is -1.60. The highest BCUT2D eigenvalue weighted by atomic mass is 32.2. The summed E-state index contributed by atoms with van der Waals surface area (Å²) in [4.78, 5) is 28.2. The molecule has 1 aliphatic rings. The number of halogens is 1. The monoisotopic (exact) mass is 353 g/mol. The number of hydrogen-bond donors (Lipinski definition) is 1. The van der Waals surface area contributed by atoms with E-state index in [0.717, 1.165) is 26.2 Å². The number of hydrogen-bond acceptors (Lipinski definition) is 4. The number of nitrogens with zero attached hydrogens (tertiary/aromatic N) is 2. The average Bonchev–Trinajstić information content (AvgIpc) is 2.57. The molecule has 1 fully saturated rings. The third-order valence-electron chi connectivity index (χ3n) is 3.98. The molecule has 132 valence electrons. The lowest BCUT2D eigenvalue weighted by molar-refractivity contribution is -0.130. The molecule has 1 aromatic rings. The van der Waals surface area contributed by atoms with Gasteiger partial charge in [0.05, 0.1) is 11.5 Å². The van der Waals surface area contributed by atoms with Gasteiger partial charge >= 0.3 is 0 Å². The molecule has 1 N–H and O–H groups in total. The van der Waals surface area contributed by atoms with Crippen LogP contribution in [-0.4, -0.2) is 65.3 Å². The molecule has 0 atom stereocenters. The van der Waals surface area contributed by atoms with E-state index in [9.17, 15) is 14.0 Å². The second-order valence-corrected chi connectivity index (χ2v) is 7.04. The van der Waals surface area contributed by atoms with Crippen molar-refractivity contribution in [2.45, 2.75) is 19.9 Å². The van der Waals surface area contributed by atoms with Crippen molar-refractivity contribution >= 4 is 29.3 Å². The Labute approximate surface area is 146 Å². The molecule has 1 saturated heterocycles. The van der Waals surface area contributed by atoms with Gasteiger partial charge in [-0.2, -0.15) is 0 Å². The van der Waals surface area contributed by atoms with Crippen molar-refractivity contribution in [3.63, 3.8) is 0 Å². The minimum atomic E-state index is -0.342. The Morgan fingerprint density at radius 1 is 1.12 bits per heavy atom. The van der Waals surface area contributed by atoms with E-state index in [1.54, 1.807) is 0 Å². The lowest BCUT2D eigenvalue weighted by Crippen LogP contribution is -2.51. The SMILES string of the molecule is CC(C)N1CCN(C(=O)CSCC(=O)Nc2ccc(F)cc2)CC1. The normalized spacial score (nSPS) is 15.6. The van der Waals surface area contributed by atoms with Crippen molar-refractivity contribution in [2.75, 3.05) is 43.0 Å². The molecule has 2 amide bonds. The van der Waals surface area contributed by atoms with Crippen LogP contribution in [0.25, 0.3) is 0 Å². The third kappa shape index (κ3) is 5.79. The maximum Gasteiger partial charge on any atom is 0.234 e. The number of nitrogens with one attached hydrogen (secondary N) is 1. The summed E-state index contributed by atoms with van der Waals surface area (Å²) in [6.45, 7) is 7.62. The van der Waals surface area contributed by atoms with Crippen LogP contribution < -0.4 is 5.32 Å². The molecule has 0 spiro atoms. The van der Waals surface area contributed by atoms with Gasteiger partial charge in [0.15, 0.2) is 0 Å². The highest BCUT2D eigenvalue weighted by molar-refractivity contribution is 8.00. The topological polar surface area (TPSA) is 52.7 Å². The van der Waals surface area contributed by atoms with Crippen LogP contribution in [0.5, 0.6) is 0 Å². The molecule has 1 aliphatic heterocycles. The minimum Gasteiger partial charge on any atom is -0.339 e. The standard InChI is InChI=1S/C17H24FN3O2S/c1-13(2)20-7-9-21(10-8-20)17(23)12-24-11-16(22)19-15-5-3-14(18)4-6-15/h3-6,13H,7-12H2,1-2H3,(H,19,22). The molecule has 1 heterocycles. The third-order valence-corrected chi connectivity index (χ3v) is 4.90. The van der Waals surface area contributed by atoms with Crippen LogP contribution in [0.3, 0.4) is 0 Å². The number of anilines is 1. The molecular formula is C17H24FN3O2S. The first-order chi connectivity index (χ1) is 11.5. The average molecular weight is 353 g/mol. The van der Waals surface area contributed by atoms with E-state index in [4.69, 9.17) is 0 Å². The second-order valence-electron chi connectivity index (χ2n) is 6.06. The molecule has 0 aliphatic carbocycles. The zero-order valence-corrected chi connectivity index (χ0v) is 14.9. The summed E-state index contributed by atoms with van der Waals surface area (Å²) < 4.78 is 12.8. The zero-order chi connectivity index (χ0) is 17.5. The Morgan fingerprint density at radius 2 is 1.75 bits per heavy atom. The van der Waals surface area contributed by atoms with Gasteiger partial charge in [0.25, 0.3) is 0 Å². The summed E-state index contributed by atoms with van der Waals surface area (Å²) in [5.41, 5.74) is 0.554. The first-order valence-electron chi connectivity index (χ1n) is 8.10. The summed E-state index contributed by atoms with van der Waals surface area (Å²) in [5, 5.41) is 2.68. The fourth-order valence-electron chi connectivity index (χ4n) is 2.54.